The second-order valence-corrected chi connectivity index (χ2v) is 3.05. The molecule has 0 saturated carbocycles. The lowest BCUT2D eigenvalue weighted by atomic mass is 10.2. The Kier molecular flexibility index (Phi) is 7.66. The van der Waals surface area contributed by atoms with E-state index in [1.54, 1.807) is 0 Å². The van der Waals surface area contributed by atoms with Crippen molar-refractivity contribution in [3.05, 3.63) is 0 Å². The van der Waals surface area contributed by atoms with Crippen LogP contribution in [0, 0.1) is 11.3 Å². The van der Waals surface area contributed by atoms with Gasteiger partial charge in [0.25, 0.3) is 0 Å². The Bertz CT molecular complexity index is 147. The third-order valence-electron chi connectivity index (χ3n) is 2.23. The van der Waals surface area contributed by atoms with E-state index in [1.807, 2.05) is 6.92 Å². The van der Waals surface area contributed by atoms with Crippen molar-refractivity contribution in [1.82, 2.24) is 10.2 Å². The van der Waals surface area contributed by atoms with E-state index in [2.05, 4.69) is 30.1 Å². The predicted molar refractivity (Wildman–Crippen MR) is 55.5 cm³/mol. The van der Waals surface area contributed by atoms with Gasteiger partial charge >= 0.3 is 0 Å². The van der Waals surface area contributed by atoms with Crippen molar-refractivity contribution in [1.29, 1.82) is 5.26 Å². The van der Waals surface area contributed by atoms with Gasteiger partial charge in [-0.1, -0.05) is 20.8 Å². The van der Waals surface area contributed by atoms with Crippen LogP contribution in [0.15, 0.2) is 0 Å². The van der Waals surface area contributed by atoms with Crippen LogP contribution in [0.25, 0.3) is 0 Å². The molecular formula is C10H21N3. The lowest BCUT2D eigenvalue weighted by Gasteiger charge is -2.19. The normalized spacial score (nSPS) is 12.8. The zero-order valence-electron chi connectivity index (χ0n) is 9.01. The Morgan fingerprint density at radius 1 is 1.31 bits per heavy atom. The molecule has 0 bridgehead atoms. The summed E-state index contributed by atoms with van der Waals surface area (Å²) < 4.78 is 0. The van der Waals surface area contributed by atoms with Crippen LogP contribution in [-0.4, -0.2) is 37.1 Å². The SMILES string of the molecule is CCNC(C#N)CCN(CC)CC. The molecule has 0 aliphatic rings. The molecule has 0 amide bonds. The van der Waals surface area contributed by atoms with E-state index in [-0.39, 0.29) is 6.04 Å². The number of nitrogens with zero attached hydrogens (tertiary/aromatic N) is 2. The lowest BCUT2D eigenvalue weighted by molar-refractivity contribution is 0.291. The van der Waals surface area contributed by atoms with Gasteiger partial charge in [-0.05, 0) is 26.1 Å². The summed E-state index contributed by atoms with van der Waals surface area (Å²) in [6, 6.07) is 2.29. The highest BCUT2D eigenvalue weighted by Crippen LogP contribution is 1.95. The molecule has 1 atom stereocenters. The van der Waals surface area contributed by atoms with Gasteiger partial charge in [0.2, 0.25) is 0 Å². The van der Waals surface area contributed by atoms with Gasteiger partial charge in [0.05, 0.1) is 12.1 Å². The van der Waals surface area contributed by atoms with Gasteiger partial charge in [-0.25, -0.2) is 0 Å². The molecule has 0 radical (unpaired) electrons. The number of hydrogen-bond acceptors (Lipinski definition) is 3. The number of nitriles is 1. The molecule has 0 fully saturated rings. The fourth-order valence-electron chi connectivity index (χ4n) is 1.31. The van der Waals surface area contributed by atoms with E-state index in [9.17, 15) is 0 Å². The van der Waals surface area contributed by atoms with Crippen LogP contribution in [0.2, 0.25) is 0 Å². The fourth-order valence-corrected chi connectivity index (χ4v) is 1.31. The Morgan fingerprint density at radius 2 is 1.92 bits per heavy atom. The number of nitrogens with one attached hydrogen (secondary N) is 1. The Balaban J connectivity index is 3.64. The first-order chi connectivity index (χ1) is 6.28. The second kappa shape index (κ2) is 8.03. The van der Waals surface area contributed by atoms with E-state index in [0.29, 0.717) is 0 Å². The Hall–Kier alpha value is -0.590. The summed E-state index contributed by atoms with van der Waals surface area (Å²) in [6.07, 6.45) is 0.923. The molecule has 0 aromatic heterocycles. The maximum absolute atomic E-state index is 8.78. The first kappa shape index (κ1) is 12.4. The fraction of sp³-hybridized carbons (Fsp3) is 0.900. The van der Waals surface area contributed by atoms with E-state index in [1.165, 1.54) is 0 Å². The van der Waals surface area contributed by atoms with Crippen LogP contribution in [0.4, 0.5) is 0 Å². The second-order valence-electron chi connectivity index (χ2n) is 3.05. The van der Waals surface area contributed by atoms with Crippen molar-refractivity contribution < 1.29 is 0 Å². The van der Waals surface area contributed by atoms with E-state index < -0.39 is 0 Å². The van der Waals surface area contributed by atoms with Gasteiger partial charge in [-0.3, -0.25) is 0 Å². The van der Waals surface area contributed by atoms with Gasteiger partial charge in [0.1, 0.15) is 0 Å². The smallest absolute Gasteiger partial charge is 0.0965 e. The first-order valence-electron chi connectivity index (χ1n) is 5.13. The van der Waals surface area contributed by atoms with Crippen molar-refractivity contribution in [3.63, 3.8) is 0 Å². The quantitative estimate of drug-likeness (QED) is 0.645. The average molecular weight is 183 g/mol. The Morgan fingerprint density at radius 3 is 2.31 bits per heavy atom. The van der Waals surface area contributed by atoms with Crippen molar-refractivity contribution >= 4 is 0 Å². The molecule has 0 saturated heterocycles. The van der Waals surface area contributed by atoms with Crippen LogP contribution in [0.5, 0.6) is 0 Å². The van der Waals surface area contributed by atoms with Crippen molar-refractivity contribution in [2.45, 2.75) is 33.2 Å². The standard InChI is InChI=1S/C10H21N3/c1-4-12-10(9-11)7-8-13(5-2)6-3/h10,12H,4-8H2,1-3H3. The zero-order valence-corrected chi connectivity index (χ0v) is 9.01. The van der Waals surface area contributed by atoms with Gasteiger partial charge in [-0.15, -0.1) is 0 Å². The summed E-state index contributed by atoms with van der Waals surface area (Å²) in [5.41, 5.74) is 0. The molecule has 1 N–H and O–H groups in total. The van der Waals surface area contributed by atoms with E-state index in [4.69, 9.17) is 5.26 Å². The third kappa shape index (κ3) is 5.62. The molecule has 0 aromatic rings. The van der Waals surface area contributed by atoms with Gasteiger partial charge in [-0.2, -0.15) is 5.26 Å². The minimum atomic E-state index is 0.0191. The lowest BCUT2D eigenvalue weighted by Crippen LogP contribution is -2.33. The average Bonchev–Trinajstić information content (AvgIpc) is 2.17. The molecule has 0 aliphatic heterocycles. The van der Waals surface area contributed by atoms with Crippen molar-refractivity contribution in [3.8, 4) is 6.07 Å². The van der Waals surface area contributed by atoms with Gasteiger partial charge in [0.15, 0.2) is 0 Å². The maximum Gasteiger partial charge on any atom is 0.0965 e. The molecule has 0 aromatic carbocycles. The topological polar surface area (TPSA) is 39.1 Å². The van der Waals surface area contributed by atoms with Crippen molar-refractivity contribution in [2.75, 3.05) is 26.2 Å². The van der Waals surface area contributed by atoms with E-state index in [0.717, 1.165) is 32.6 Å². The molecular weight excluding hydrogens is 162 g/mol. The predicted octanol–water partition coefficient (Wildman–Crippen LogP) is 1.22. The number of rotatable bonds is 7. The van der Waals surface area contributed by atoms with Gasteiger partial charge < -0.3 is 10.2 Å². The monoisotopic (exact) mass is 183 g/mol. The Labute approximate surface area is 81.7 Å². The summed E-state index contributed by atoms with van der Waals surface area (Å²) in [5.74, 6) is 0. The highest BCUT2D eigenvalue weighted by Gasteiger charge is 2.06. The zero-order chi connectivity index (χ0) is 10.1. The highest BCUT2D eigenvalue weighted by molar-refractivity contribution is 4.89. The summed E-state index contributed by atoms with van der Waals surface area (Å²) >= 11 is 0. The van der Waals surface area contributed by atoms with Crippen LogP contribution < -0.4 is 5.32 Å². The minimum Gasteiger partial charge on any atom is -0.304 e. The molecule has 3 heteroatoms. The minimum absolute atomic E-state index is 0.0191. The first-order valence-corrected chi connectivity index (χ1v) is 5.13. The van der Waals surface area contributed by atoms with Crippen LogP contribution in [0.3, 0.4) is 0 Å². The van der Waals surface area contributed by atoms with Crippen molar-refractivity contribution in [2.24, 2.45) is 0 Å². The summed E-state index contributed by atoms with van der Waals surface area (Å²) in [5, 5.41) is 11.9. The molecule has 3 nitrogen and oxygen atoms in total. The maximum atomic E-state index is 8.78. The van der Waals surface area contributed by atoms with Gasteiger partial charge in [0, 0.05) is 6.54 Å². The molecule has 0 aliphatic carbocycles. The van der Waals surface area contributed by atoms with Crippen LogP contribution in [0.1, 0.15) is 27.2 Å². The molecule has 1 unspecified atom stereocenters. The highest BCUT2D eigenvalue weighted by atomic mass is 15.1. The molecule has 0 spiro atoms. The summed E-state index contributed by atoms with van der Waals surface area (Å²) in [6.45, 7) is 10.4. The number of hydrogen-bond donors (Lipinski definition) is 1. The largest absolute Gasteiger partial charge is 0.304 e. The molecule has 13 heavy (non-hydrogen) atoms. The molecule has 0 heterocycles. The van der Waals surface area contributed by atoms with Crippen LogP contribution in [-0.2, 0) is 0 Å². The third-order valence-corrected chi connectivity index (χ3v) is 2.23. The van der Waals surface area contributed by atoms with Crippen LogP contribution >= 0.6 is 0 Å². The summed E-state index contributed by atoms with van der Waals surface area (Å²) in [7, 11) is 0. The molecule has 76 valence electrons. The van der Waals surface area contributed by atoms with E-state index >= 15 is 0 Å². The molecule has 0 rings (SSSR count). The summed E-state index contributed by atoms with van der Waals surface area (Å²) in [4.78, 5) is 2.34.